The van der Waals surface area contributed by atoms with E-state index >= 15 is 0 Å². The third kappa shape index (κ3) is 5.82. The largest absolute Gasteiger partial charge is 0.506 e. The maximum Gasteiger partial charge on any atom is 0.248 e. The number of hydrogen-bond donors (Lipinski definition) is 6. The van der Waals surface area contributed by atoms with Crippen molar-refractivity contribution in [2.75, 3.05) is 25.0 Å². The van der Waals surface area contributed by atoms with Gasteiger partial charge in [-0.25, -0.2) is 0 Å². The van der Waals surface area contributed by atoms with E-state index in [1.165, 1.54) is 17.7 Å². The van der Waals surface area contributed by atoms with Gasteiger partial charge in [-0.2, -0.15) is 0 Å². The van der Waals surface area contributed by atoms with Crippen LogP contribution in [0, 0.1) is 0 Å². The summed E-state index contributed by atoms with van der Waals surface area (Å²) in [4.78, 5) is 14.2. The van der Waals surface area contributed by atoms with E-state index < -0.39 is 6.10 Å². The molecule has 0 fully saturated rings. The van der Waals surface area contributed by atoms with E-state index in [2.05, 4.69) is 27.8 Å². The van der Waals surface area contributed by atoms with Crippen LogP contribution in [0.25, 0.3) is 10.9 Å². The molecule has 176 valence electrons. The third-order valence-electron chi connectivity index (χ3n) is 5.90. The summed E-state index contributed by atoms with van der Waals surface area (Å²) < 4.78 is 0. The van der Waals surface area contributed by atoms with E-state index in [0.29, 0.717) is 36.1 Å². The van der Waals surface area contributed by atoms with Gasteiger partial charge in [-0.05, 0) is 53.9 Å². The molecule has 0 saturated carbocycles. The van der Waals surface area contributed by atoms with Gasteiger partial charge in [0.05, 0.1) is 11.6 Å². The molecular weight excluding hydrogens is 428 g/mol. The Hall–Kier alpha value is -3.65. The van der Waals surface area contributed by atoms with E-state index in [-0.39, 0.29) is 17.4 Å². The van der Waals surface area contributed by atoms with Gasteiger partial charge in [0.2, 0.25) is 5.56 Å². The number of fused-ring (bicyclic) bond motifs is 1. The predicted octanol–water partition coefficient (Wildman–Crippen LogP) is 3.21. The number of nitrogens with two attached hydrogens (primary N) is 1. The van der Waals surface area contributed by atoms with Crippen LogP contribution in [0.1, 0.15) is 28.8 Å². The van der Waals surface area contributed by atoms with Crippen molar-refractivity contribution in [1.29, 1.82) is 0 Å². The standard InChI is InChI=1S/C27H30N4O3/c28-23(19-4-2-1-3-5-19)16-30-20-8-6-18(7-9-20)14-15-29-17-25(33)21-10-12-24(32)27-22(21)11-13-26(34)31-27/h1-13,23,25,29-30,32-33H,14-17,28H2,(H,31,34)/t23-,25-/m0/s1. The van der Waals surface area contributed by atoms with Gasteiger partial charge in [-0.3, -0.25) is 4.79 Å². The minimum atomic E-state index is -0.769. The molecule has 0 saturated heterocycles. The zero-order valence-electron chi connectivity index (χ0n) is 18.9. The fourth-order valence-electron chi connectivity index (χ4n) is 3.97. The van der Waals surface area contributed by atoms with E-state index in [1.807, 2.05) is 42.5 Å². The molecule has 0 aliphatic heterocycles. The fraction of sp³-hybridized carbons (Fsp3) is 0.222. The molecule has 3 aromatic carbocycles. The van der Waals surface area contributed by atoms with Crippen molar-refractivity contribution < 1.29 is 10.2 Å². The maximum atomic E-state index is 11.6. The smallest absolute Gasteiger partial charge is 0.248 e. The Bertz CT molecular complexity index is 1270. The number of H-pyrrole nitrogens is 1. The molecule has 7 nitrogen and oxygen atoms in total. The number of aliphatic hydroxyl groups is 1. The second kappa shape index (κ2) is 11.0. The molecule has 0 bridgehead atoms. The van der Waals surface area contributed by atoms with Crippen LogP contribution in [0.2, 0.25) is 0 Å². The quantitative estimate of drug-likeness (QED) is 0.203. The summed E-state index contributed by atoms with van der Waals surface area (Å²) in [7, 11) is 0. The van der Waals surface area contributed by atoms with Crippen molar-refractivity contribution in [3.05, 3.63) is 106 Å². The highest BCUT2D eigenvalue weighted by molar-refractivity contribution is 5.87. The molecular formula is C27H30N4O3. The van der Waals surface area contributed by atoms with E-state index in [9.17, 15) is 15.0 Å². The molecule has 2 atom stereocenters. The van der Waals surface area contributed by atoms with Crippen LogP contribution in [0.15, 0.2) is 83.7 Å². The summed E-state index contributed by atoms with van der Waals surface area (Å²) in [6, 6.07) is 24.4. The SMILES string of the molecule is N[C@@H](CNc1ccc(CCNC[C@H](O)c2ccc(O)c3[nH]c(=O)ccc23)cc1)c1ccccc1. The average Bonchev–Trinajstić information content (AvgIpc) is 2.87. The summed E-state index contributed by atoms with van der Waals surface area (Å²) in [6.45, 7) is 1.72. The van der Waals surface area contributed by atoms with Gasteiger partial charge in [0.1, 0.15) is 5.75 Å². The molecule has 7 N–H and O–H groups in total. The Kier molecular flexibility index (Phi) is 7.59. The second-order valence-electron chi connectivity index (χ2n) is 8.35. The summed E-state index contributed by atoms with van der Waals surface area (Å²) in [6.07, 6.45) is 0.0505. The van der Waals surface area contributed by atoms with Crippen LogP contribution >= 0.6 is 0 Å². The highest BCUT2D eigenvalue weighted by Gasteiger charge is 2.13. The van der Waals surface area contributed by atoms with E-state index in [0.717, 1.165) is 17.7 Å². The van der Waals surface area contributed by atoms with Crippen molar-refractivity contribution in [3.63, 3.8) is 0 Å². The number of pyridine rings is 1. The number of phenols is 1. The van der Waals surface area contributed by atoms with Gasteiger partial charge >= 0.3 is 0 Å². The molecule has 7 heteroatoms. The van der Waals surface area contributed by atoms with Crippen molar-refractivity contribution in [2.45, 2.75) is 18.6 Å². The fourth-order valence-corrected chi connectivity index (χ4v) is 3.97. The molecule has 0 unspecified atom stereocenters. The van der Waals surface area contributed by atoms with Crippen molar-refractivity contribution >= 4 is 16.6 Å². The number of phenolic OH excluding ortho intramolecular Hbond substituents is 1. The molecule has 1 heterocycles. The lowest BCUT2D eigenvalue weighted by molar-refractivity contribution is 0.176. The summed E-state index contributed by atoms with van der Waals surface area (Å²) >= 11 is 0. The van der Waals surface area contributed by atoms with Crippen molar-refractivity contribution in [1.82, 2.24) is 10.3 Å². The molecule has 4 aromatic rings. The van der Waals surface area contributed by atoms with Gasteiger partial charge in [0.15, 0.2) is 0 Å². The number of rotatable bonds is 10. The van der Waals surface area contributed by atoms with Crippen molar-refractivity contribution in [2.24, 2.45) is 5.73 Å². The number of nitrogens with one attached hydrogen (secondary N) is 3. The highest BCUT2D eigenvalue weighted by Crippen LogP contribution is 2.28. The Labute approximate surface area is 198 Å². The minimum absolute atomic E-state index is 0.0170. The molecule has 1 aromatic heterocycles. The Morgan fingerprint density at radius 2 is 1.68 bits per heavy atom. The Morgan fingerprint density at radius 1 is 0.912 bits per heavy atom. The van der Waals surface area contributed by atoms with E-state index in [4.69, 9.17) is 5.73 Å². The third-order valence-corrected chi connectivity index (χ3v) is 5.90. The lowest BCUT2D eigenvalue weighted by Gasteiger charge is -2.16. The summed E-state index contributed by atoms with van der Waals surface area (Å²) in [5, 5.41) is 27.9. The van der Waals surface area contributed by atoms with Crippen LogP contribution in [0.4, 0.5) is 5.69 Å². The first-order chi connectivity index (χ1) is 16.5. The number of anilines is 1. The average molecular weight is 459 g/mol. The lowest BCUT2D eigenvalue weighted by atomic mass is 10.0. The second-order valence-corrected chi connectivity index (χ2v) is 8.35. The van der Waals surface area contributed by atoms with Crippen LogP contribution < -0.4 is 21.9 Å². The molecule has 0 amide bonds. The van der Waals surface area contributed by atoms with Crippen LogP contribution in [-0.2, 0) is 6.42 Å². The first-order valence-corrected chi connectivity index (χ1v) is 11.4. The number of aliphatic hydroxyl groups excluding tert-OH is 1. The normalized spacial score (nSPS) is 13.0. The van der Waals surface area contributed by atoms with Crippen LogP contribution in [0.5, 0.6) is 5.75 Å². The number of aromatic nitrogens is 1. The van der Waals surface area contributed by atoms with Gasteiger partial charge in [-0.1, -0.05) is 48.5 Å². The molecule has 0 aliphatic carbocycles. The molecule has 34 heavy (non-hydrogen) atoms. The first kappa shape index (κ1) is 23.5. The number of aromatic amines is 1. The molecule has 0 radical (unpaired) electrons. The Morgan fingerprint density at radius 3 is 2.44 bits per heavy atom. The number of hydrogen-bond acceptors (Lipinski definition) is 6. The number of aromatic hydroxyl groups is 1. The highest BCUT2D eigenvalue weighted by atomic mass is 16.3. The predicted molar refractivity (Wildman–Crippen MR) is 136 cm³/mol. The van der Waals surface area contributed by atoms with Gasteiger partial charge in [0, 0.05) is 36.3 Å². The lowest BCUT2D eigenvalue weighted by Crippen LogP contribution is -2.24. The summed E-state index contributed by atoms with van der Waals surface area (Å²) in [5.74, 6) is -0.0170. The van der Waals surface area contributed by atoms with Gasteiger partial charge in [-0.15, -0.1) is 0 Å². The van der Waals surface area contributed by atoms with Gasteiger partial charge in [0.25, 0.3) is 0 Å². The zero-order chi connectivity index (χ0) is 23.9. The van der Waals surface area contributed by atoms with Crippen molar-refractivity contribution in [3.8, 4) is 5.75 Å². The molecule has 4 rings (SSSR count). The van der Waals surface area contributed by atoms with Crippen LogP contribution in [0.3, 0.4) is 0 Å². The molecule has 0 aliphatic rings. The molecule has 0 spiro atoms. The maximum absolute atomic E-state index is 11.6. The van der Waals surface area contributed by atoms with Crippen LogP contribution in [-0.4, -0.2) is 34.8 Å². The zero-order valence-corrected chi connectivity index (χ0v) is 18.9. The monoisotopic (exact) mass is 458 g/mol. The minimum Gasteiger partial charge on any atom is -0.506 e. The number of benzene rings is 3. The topological polar surface area (TPSA) is 123 Å². The first-order valence-electron chi connectivity index (χ1n) is 11.4. The van der Waals surface area contributed by atoms with Gasteiger partial charge < -0.3 is 31.6 Å². The Balaban J connectivity index is 1.24. The van der Waals surface area contributed by atoms with E-state index in [1.54, 1.807) is 12.1 Å². The summed E-state index contributed by atoms with van der Waals surface area (Å²) in [5.41, 5.74) is 10.3.